The van der Waals surface area contributed by atoms with Crippen LogP contribution in [0, 0.1) is 0 Å². The molecular weight excluding hydrogens is 1390 g/mol. The second-order valence-electron chi connectivity index (χ2n) is 29.5. The third-order valence-electron chi connectivity index (χ3n) is 20.2. The molecule has 0 spiro atoms. The molecular formula is C76H138NO27P. The highest BCUT2D eigenvalue weighted by atomic mass is 31.2. The van der Waals surface area contributed by atoms with Gasteiger partial charge in [-0.15, -0.1) is 0 Å². The molecule has 29 heteroatoms. The number of aliphatic hydroxyl groups excluding tert-OH is 7. The number of carboxylic acids is 2. The van der Waals surface area contributed by atoms with Crippen LogP contribution in [-0.2, 0) is 75.8 Å². The van der Waals surface area contributed by atoms with E-state index in [2.05, 4.69) is 33.0 Å². The van der Waals surface area contributed by atoms with Crippen LogP contribution in [0.25, 0.3) is 0 Å². The normalized spacial score (nSPS) is 25.4. The van der Waals surface area contributed by atoms with E-state index in [4.69, 9.17) is 42.4 Å². The van der Waals surface area contributed by atoms with Gasteiger partial charge in [0.25, 0.3) is 11.6 Å². The molecule has 614 valence electrons. The Hall–Kier alpha value is -3.55. The molecule has 3 aliphatic heterocycles. The summed E-state index contributed by atoms with van der Waals surface area (Å²) >= 11 is 0. The van der Waals surface area contributed by atoms with Crippen LogP contribution in [0.15, 0.2) is 0 Å². The summed E-state index contributed by atoms with van der Waals surface area (Å²) in [7, 11) is -5.78. The maximum atomic E-state index is 14.7. The zero-order valence-electron chi connectivity index (χ0n) is 63.8. The predicted molar refractivity (Wildman–Crippen MR) is 389 cm³/mol. The van der Waals surface area contributed by atoms with Gasteiger partial charge < -0.3 is 99.0 Å². The first-order valence-corrected chi connectivity index (χ1v) is 41.9. The minimum atomic E-state index is -5.78. The predicted octanol–water partition coefficient (Wildman–Crippen LogP) is 10.7. The van der Waals surface area contributed by atoms with Crippen molar-refractivity contribution in [1.29, 1.82) is 0 Å². The van der Waals surface area contributed by atoms with Crippen molar-refractivity contribution in [1.82, 2.24) is 5.32 Å². The highest BCUT2D eigenvalue weighted by Gasteiger charge is 2.61. The molecule has 0 aromatic rings. The number of rotatable bonds is 63. The molecule has 3 fully saturated rings. The van der Waals surface area contributed by atoms with Crippen molar-refractivity contribution >= 4 is 43.6 Å². The molecule has 0 aromatic carbocycles. The van der Waals surface area contributed by atoms with Gasteiger partial charge in [0, 0.05) is 25.7 Å². The number of aliphatic hydroxyl groups is 7. The number of hydrogen-bond acceptors (Lipinski definition) is 23. The van der Waals surface area contributed by atoms with Gasteiger partial charge in [-0.1, -0.05) is 246 Å². The molecule has 3 heterocycles. The molecule has 1 amide bonds. The highest BCUT2D eigenvalue weighted by molar-refractivity contribution is 7.46. The first-order valence-electron chi connectivity index (χ1n) is 40.3. The second-order valence-corrected chi connectivity index (χ2v) is 30.7. The Labute approximate surface area is 624 Å². The Balaban J connectivity index is 2.08. The molecule has 3 rings (SSSR count). The molecule has 0 bridgehead atoms. The summed E-state index contributed by atoms with van der Waals surface area (Å²) < 4.78 is 66.0. The van der Waals surface area contributed by atoms with E-state index >= 15 is 0 Å². The van der Waals surface area contributed by atoms with Crippen molar-refractivity contribution in [3.63, 3.8) is 0 Å². The Morgan fingerprint density at radius 3 is 1.28 bits per heavy atom. The van der Waals surface area contributed by atoms with Crippen molar-refractivity contribution < 1.29 is 131 Å². The van der Waals surface area contributed by atoms with Gasteiger partial charge in [0.05, 0.1) is 57.5 Å². The smallest absolute Gasteiger partial charge is 0.470 e. The Morgan fingerprint density at radius 2 is 0.876 bits per heavy atom. The number of aliphatic carboxylic acids is 2. The lowest BCUT2D eigenvalue weighted by Gasteiger charge is -2.50. The standard InChI is InChI=1S/C76H138NO27P/c1-5-9-13-17-21-25-26-30-34-38-42-46-65(85)99-56(44-40-36-32-28-23-19-15-11-7-3)48-66(86)100-69-57(77-63(83)47-55(43-39-35-31-27-22-18-14-10-6-2)98-64(84)45-41-37-33-29-24-20-16-12-8-4)53-96-62(72(69)104-105(93,94)95)54-97-75(73(89)90)50-61(68(88)71(102-75)60(82)52-79)101-76(74(91)92)49-58(80)67(87)70(103-76)59(81)51-78/h55-62,67-72,78-82,87-88H,5-54H2,1-4H3,(H,77,83)(H,89,90)(H,91,92)(H2,93,94,95)/t55-,56-,57+,58-,59-,60-,61-,62-,67-,68-,69-,70-,71-,72-,75-,76-/m1/s1. The number of esters is 3. The summed E-state index contributed by atoms with van der Waals surface area (Å²) in [6.45, 7) is 4.44. The van der Waals surface area contributed by atoms with Crippen molar-refractivity contribution in [2.75, 3.05) is 26.4 Å². The molecule has 0 saturated carbocycles. The molecule has 105 heavy (non-hydrogen) atoms. The van der Waals surface area contributed by atoms with Gasteiger partial charge in [-0.05, 0) is 38.5 Å². The van der Waals surface area contributed by atoms with Gasteiger partial charge in [0.1, 0.15) is 61.0 Å². The number of carbonyl (C=O) groups is 6. The second kappa shape index (κ2) is 55.0. The van der Waals surface area contributed by atoms with Gasteiger partial charge in [-0.25, -0.2) is 14.2 Å². The average molecular weight is 1530 g/mol. The lowest BCUT2D eigenvalue weighted by atomic mass is 9.90. The largest absolute Gasteiger partial charge is 0.477 e. The van der Waals surface area contributed by atoms with Crippen LogP contribution in [0.2, 0.25) is 0 Å². The lowest BCUT2D eigenvalue weighted by Crippen LogP contribution is -2.68. The van der Waals surface area contributed by atoms with Crippen LogP contribution < -0.4 is 5.32 Å². The Kier molecular flexibility index (Phi) is 50.1. The number of hydrogen-bond donors (Lipinski definition) is 12. The van der Waals surface area contributed by atoms with E-state index in [1.54, 1.807) is 0 Å². The van der Waals surface area contributed by atoms with Gasteiger partial charge in [-0.2, -0.15) is 0 Å². The fourth-order valence-electron chi connectivity index (χ4n) is 14.0. The summed E-state index contributed by atoms with van der Waals surface area (Å²) in [5.74, 6) is -13.4. The fourth-order valence-corrected chi connectivity index (χ4v) is 14.6. The van der Waals surface area contributed by atoms with E-state index in [0.717, 1.165) is 167 Å². The minimum Gasteiger partial charge on any atom is -0.477 e. The molecule has 0 unspecified atom stereocenters. The van der Waals surface area contributed by atoms with E-state index in [1.165, 1.54) is 51.4 Å². The number of carboxylic acid groups (broad SMARTS) is 2. The Bertz CT molecular complexity index is 2410. The molecule has 3 aliphatic rings. The van der Waals surface area contributed by atoms with Crippen LogP contribution in [-0.4, -0.2) is 215 Å². The van der Waals surface area contributed by atoms with Crippen LogP contribution in [0.4, 0.5) is 0 Å². The number of unbranched alkanes of at least 4 members (excludes halogenated alkanes) is 34. The average Bonchev–Trinajstić information content (AvgIpc) is 0.753. The van der Waals surface area contributed by atoms with E-state index in [9.17, 15) is 89.1 Å². The van der Waals surface area contributed by atoms with Crippen LogP contribution in [0.1, 0.15) is 323 Å². The van der Waals surface area contributed by atoms with Gasteiger partial charge >= 0.3 is 37.7 Å². The zero-order chi connectivity index (χ0) is 77.5. The minimum absolute atomic E-state index is 0.0761. The number of ether oxygens (including phenoxy) is 8. The highest BCUT2D eigenvalue weighted by Crippen LogP contribution is 2.44. The summed E-state index contributed by atoms with van der Waals surface area (Å²) in [5, 5.41) is 98.9. The van der Waals surface area contributed by atoms with Crippen LogP contribution in [0.5, 0.6) is 0 Å². The number of amides is 1. The van der Waals surface area contributed by atoms with E-state index in [-0.39, 0.29) is 19.3 Å². The molecule has 0 aliphatic carbocycles. The van der Waals surface area contributed by atoms with E-state index in [1.807, 2.05) is 0 Å². The maximum absolute atomic E-state index is 14.7. The number of nitrogens with one attached hydrogen (secondary N) is 1. The Morgan fingerprint density at radius 1 is 0.495 bits per heavy atom. The van der Waals surface area contributed by atoms with Gasteiger partial charge in [-0.3, -0.25) is 23.7 Å². The number of carbonyl (C=O) groups excluding carboxylic acids is 4. The first kappa shape index (κ1) is 95.7. The maximum Gasteiger partial charge on any atom is 0.470 e. The van der Waals surface area contributed by atoms with Crippen molar-refractivity contribution in [2.45, 2.75) is 420 Å². The molecule has 0 radical (unpaired) electrons. The van der Waals surface area contributed by atoms with Gasteiger partial charge in [0.2, 0.25) is 5.91 Å². The summed E-state index contributed by atoms with van der Waals surface area (Å²) in [5.41, 5.74) is 0. The van der Waals surface area contributed by atoms with Crippen LogP contribution in [0.3, 0.4) is 0 Å². The first-order chi connectivity index (χ1) is 50.3. The third kappa shape index (κ3) is 38.3. The van der Waals surface area contributed by atoms with Crippen molar-refractivity contribution in [3.8, 4) is 0 Å². The van der Waals surface area contributed by atoms with Gasteiger partial charge in [0.15, 0.2) is 6.10 Å². The number of phosphoric acid groups is 1. The molecule has 28 nitrogen and oxygen atoms in total. The zero-order valence-corrected chi connectivity index (χ0v) is 64.7. The van der Waals surface area contributed by atoms with Crippen molar-refractivity contribution in [3.05, 3.63) is 0 Å². The van der Waals surface area contributed by atoms with Crippen LogP contribution >= 0.6 is 7.82 Å². The summed E-state index contributed by atoms with van der Waals surface area (Å²) in [4.78, 5) is 105. The molecule has 12 N–H and O–H groups in total. The van der Waals surface area contributed by atoms with E-state index in [0.29, 0.717) is 32.1 Å². The lowest BCUT2D eigenvalue weighted by molar-refractivity contribution is -0.376. The number of phosphoric ester groups is 1. The monoisotopic (exact) mass is 1530 g/mol. The molecule has 0 aromatic heterocycles. The summed E-state index contributed by atoms with van der Waals surface area (Å²) in [6.07, 6.45) is 10.7. The SMILES string of the molecule is CCCCCCCCCCCCCC(=O)O[C@H](CCCCCCCCCCC)CC(=O)O[C@H]1[C@H](OP(=O)(O)O)[C@@H](CO[C@]2(C(=O)O)C[C@@H](O[C@]3(C(=O)O)C[C@@H](O)[C@@H](O)[C@@H]([C@H](O)CO)O3)[C@@H](O)[C@@H]([C@H](O)CO)O2)OC[C@@H]1NC(=O)C[C@@H](CCCCCCCCCCC)OC(=O)CCCCCCCCCCC. The van der Waals surface area contributed by atoms with E-state index < -0.39 is 193 Å². The third-order valence-corrected chi connectivity index (χ3v) is 20.8. The summed E-state index contributed by atoms with van der Waals surface area (Å²) in [6, 6.07) is -1.54. The molecule has 3 saturated heterocycles. The molecule has 16 atom stereocenters. The van der Waals surface area contributed by atoms with Crippen molar-refractivity contribution in [2.24, 2.45) is 0 Å². The quantitative estimate of drug-likeness (QED) is 0.0116. The fraction of sp³-hybridized carbons (Fsp3) is 0.921. The topological polar surface area (TPSA) is 437 Å².